The van der Waals surface area contributed by atoms with E-state index in [0.29, 0.717) is 0 Å². The fraction of sp³-hybridized carbons (Fsp3) is 0.583. The van der Waals surface area contributed by atoms with Crippen LogP contribution in [-0.4, -0.2) is 4.98 Å². The zero-order chi connectivity index (χ0) is 11.8. The average molecular weight is 239 g/mol. The Morgan fingerprint density at radius 1 is 1.56 bits per heavy atom. The van der Waals surface area contributed by atoms with Crippen LogP contribution in [0.5, 0.6) is 0 Å². The molecule has 0 spiro atoms. The fourth-order valence-electron chi connectivity index (χ4n) is 1.75. The minimum Gasteiger partial charge on any atom is -0.271 e. The number of allylic oxidation sites excluding steroid dienone is 1. The summed E-state index contributed by atoms with van der Waals surface area (Å²) in [7, 11) is 0. The number of nitrogens with zero attached hydrogens (tertiary/aromatic N) is 1. The number of aryl methyl sites for hydroxylation is 1. The lowest BCUT2D eigenvalue weighted by Crippen LogP contribution is -2.27. The third-order valence-electron chi connectivity index (χ3n) is 2.70. The largest absolute Gasteiger partial charge is 0.271 e. The lowest BCUT2D eigenvalue weighted by Gasteiger charge is -2.14. The zero-order valence-corrected chi connectivity index (χ0v) is 10.7. The fourth-order valence-corrected chi connectivity index (χ4v) is 2.65. The molecular formula is C12H21N3S. The van der Waals surface area contributed by atoms with E-state index in [1.165, 1.54) is 24.1 Å². The lowest BCUT2D eigenvalue weighted by molar-refractivity contribution is 0.488. The highest BCUT2D eigenvalue weighted by molar-refractivity contribution is 7.09. The van der Waals surface area contributed by atoms with E-state index in [1.54, 1.807) is 11.3 Å². The molecule has 0 radical (unpaired) electrons. The molecule has 0 amide bonds. The molecule has 1 atom stereocenters. The molecule has 16 heavy (non-hydrogen) atoms. The standard InChI is InChI=1S/C12H21N3S/c1-3-4-5-6-7-8-11(15-13)12-10(2)14-9-16-12/h3,9,11,15H,1,4-8,13H2,2H3. The summed E-state index contributed by atoms with van der Waals surface area (Å²) in [6.45, 7) is 5.76. The molecule has 0 aliphatic carbocycles. The van der Waals surface area contributed by atoms with Crippen LogP contribution in [0, 0.1) is 6.92 Å². The van der Waals surface area contributed by atoms with Crippen LogP contribution < -0.4 is 11.3 Å². The Labute approximate surface area is 102 Å². The maximum absolute atomic E-state index is 5.59. The summed E-state index contributed by atoms with van der Waals surface area (Å²) in [4.78, 5) is 5.52. The smallest absolute Gasteiger partial charge is 0.0798 e. The van der Waals surface area contributed by atoms with E-state index < -0.39 is 0 Å². The van der Waals surface area contributed by atoms with Gasteiger partial charge in [-0.1, -0.05) is 18.9 Å². The molecule has 0 saturated carbocycles. The van der Waals surface area contributed by atoms with Crippen molar-refractivity contribution in [3.8, 4) is 0 Å². The molecule has 1 unspecified atom stereocenters. The molecule has 3 nitrogen and oxygen atoms in total. The van der Waals surface area contributed by atoms with Crippen molar-refractivity contribution in [2.24, 2.45) is 5.84 Å². The molecule has 4 heteroatoms. The van der Waals surface area contributed by atoms with E-state index in [9.17, 15) is 0 Å². The second-order valence-electron chi connectivity index (χ2n) is 3.95. The Morgan fingerprint density at radius 3 is 2.94 bits per heavy atom. The lowest BCUT2D eigenvalue weighted by atomic mass is 10.1. The highest BCUT2D eigenvalue weighted by atomic mass is 32.1. The van der Waals surface area contributed by atoms with Gasteiger partial charge in [-0.05, 0) is 26.2 Å². The molecule has 0 aromatic carbocycles. The van der Waals surface area contributed by atoms with Crippen LogP contribution in [-0.2, 0) is 0 Å². The van der Waals surface area contributed by atoms with Crippen LogP contribution in [0.15, 0.2) is 18.2 Å². The maximum atomic E-state index is 5.59. The third-order valence-corrected chi connectivity index (χ3v) is 3.75. The van der Waals surface area contributed by atoms with E-state index in [-0.39, 0.29) is 6.04 Å². The predicted octanol–water partition coefficient (Wildman–Crippen LogP) is 3.09. The number of hydrogen-bond acceptors (Lipinski definition) is 4. The van der Waals surface area contributed by atoms with Gasteiger partial charge in [-0.3, -0.25) is 11.3 Å². The summed E-state index contributed by atoms with van der Waals surface area (Å²) in [6, 6.07) is 0.260. The number of rotatable bonds is 8. The van der Waals surface area contributed by atoms with Gasteiger partial charge in [0.15, 0.2) is 0 Å². The number of thiazole rings is 1. The minimum absolute atomic E-state index is 0.260. The molecule has 1 aromatic heterocycles. The zero-order valence-electron chi connectivity index (χ0n) is 9.91. The van der Waals surface area contributed by atoms with E-state index in [0.717, 1.165) is 18.5 Å². The number of hydrogen-bond donors (Lipinski definition) is 2. The van der Waals surface area contributed by atoms with Crippen LogP contribution >= 0.6 is 11.3 Å². The van der Waals surface area contributed by atoms with E-state index in [4.69, 9.17) is 5.84 Å². The number of hydrazine groups is 1. The predicted molar refractivity (Wildman–Crippen MR) is 70.2 cm³/mol. The van der Waals surface area contributed by atoms with Gasteiger partial charge >= 0.3 is 0 Å². The first-order valence-corrected chi connectivity index (χ1v) is 6.64. The van der Waals surface area contributed by atoms with Gasteiger partial charge in [0.05, 0.1) is 17.2 Å². The highest BCUT2D eigenvalue weighted by Crippen LogP contribution is 2.25. The highest BCUT2D eigenvalue weighted by Gasteiger charge is 2.13. The minimum atomic E-state index is 0.260. The van der Waals surface area contributed by atoms with Gasteiger partial charge < -0.3 is 0 Å². The number of aromatic nitrogens is 1. The van der Waals surface area contributed by atoms with Crippen molar-refractivity contribution >= 4 is 11.3 Å². The summed E-state index contributed by atoms with van der Waals surface area (Å²) in [6.07, 6.45) is 7.83. The van der Waals surface area contributed by atoms with Crippen LogP contribution in [0.25, 0.3) is 0 Å². The molecular weight excluding hydrogens is 218 g/mol. The molecule has 0 fully saturated rings. The van der Waals surface area contributed by atoms with Gasteiger partial charge in [-0.25, -0.2) is 4.98 Å². The maximum Gasteiger partial charge on any atom is 0.0798 e. The molecule has 3 N–H and O–H groups in total. The Balaban J connectivity index is 2.33. The Hall–Kier alpha value is -0.710. The number of nitrogens with one attached hydrogen (secondary N) is 1. The SMILES string of the molecule is C=CCCCCCC(NN)c1scnc1C. The van der Waals surface area contributed by atoms with Crippen LogP contribution in [0.3, 0.4) is 0 Å². The van der Waals surface area contributed by atoms with E-state index in [1.807, 2.05) is 18.5 Å². The molecule has 0 bridgehead atoms. The molecule has 0 aliphatic rings. The molecule has 90 valence electrons. The average Bonchev–Trinajstić information content (AvgIpc) is 2.70. The summed E-state index contributed by atoms with van der Waals surface area (Å²) in [5.74, 6) is 5.59. The summed E-state index contributed by atoms with van der Waals surface area (Å²) >= 11 is 1.68. The number of unbranched alkanes of at least 4 members (excludes halogenated alkanes) is 3. The second kappa shape index (κ2) is 7.54. The summed E-state index contributed by atoms with van der Waals surface area (Å²) in [5.41, 5.74) is 5.86. The third kappa shape index (κ3) is 4.04. The van der Waals surface area contributed by atoms with Gasteiger partial charge in [-0.2, -0.15) is 0 Å². The van der Waals surface area contributed by atoms with Gasteiger partial charge in [0.25, 0.3) is 0 Å². The first-order chi connectivity index (χ1) is 7.79. The van der Waals surface area contributed by atoms with Gasteiger partial charge in [0, 0.05) is 4.88 Å². The van der Waals surface area contributed by atoms with Crippen LogP contribution in [0.2, 0.25) is 0 Å². The van der Waals surface area contributed by atoms with Crippen molar-refractivity contribution in [2.45, 2.75) is 45.1 Å². The van der Waals surface area contributed by atoms with Gasteiger partial charge in [0.1, 0.15) is 0 Å². The normalized spacial score (nSPS) is 12.6. The summed E-state index contributed by atoms with van der Waals surface area (Å²) < 4.78 is 0. The molecule has 0 saturated heterocycles. The Morgan fingerprint density at radius 2 is 2.38 bits per heavy atom. The Kier molecular flexibility index (Phi) is 6.30. The van der Waals surface area contributed by atoms with Crippen molar-refractivity contribution in [2.75, 3.05) is 0 Å². The second-order valence-corrected chi connectivity index (χ2v) is 4.83. The van der Waals surface area contributed by atoms with Crippen LogP contribution in [0.4, 0.5) is 0 Å². The van der Waals surface area contributed by atoms with Crippen molar-refractivity contribution in [1.29, 1.82) is 0 Å². The molecule has 1 heterocycles. The van der Waals surface area contributed by atoms with E-state index in [2.05, 4.69) is 17.0 Å². The molecule has 1 aromatic rings. The monoisotopic (exact) mass is 239 g/mol. The van der Waals surface area contributed by atoms with Gasteiger partial charge in [0.2, 0.25) is 0 Å². The van der Waals surface area contributed by atoms with Gasteiger partial charge in [-0.15, -0.1) is 17.9 Å². The first kappa shape index (κ1) is 13.4. The van der Waals surface area contributed by atoms with Crippen LogP contribution in [0.1, 0.15) is 48.7 Å². The number of nitrogens with two attached hydrogens (primary N) is 1. The van der Waals surface area contributed by atoms with Crippen molar-refractivity contribution in [1.82, 2.24) is 10.4 Å². The summed E-state index contributed by atoms with van der Waals surface area (Å²) in [5, 5.41) is 0. The van der Waals surface area contributed by atoms with Crippen molar-refractivity contribution in [3.63, 3.8) is 0 Å². The topological polar surface area (TPSA) is 50.9 Å². The molecule has 1 rings (SSSR count). The first-order valence-electron chi connectivity index (χ1n) is 5.76. The quantitative estimate of drug-likeness (QED) is 0.317. The Bertz CT molecular complexity index is 309. The van der Waals surface area contributed by atoms with E-state index >= 15 is 0 Å². The van der Waals surface area contributed by atoms with Crippen molar-refractivity contribution < 1.29 is 0 Å². The van der Waals surface area contributed by atoms with Crippen molar-refractivity contribution in [3.05, 3.63) is 28.7 Å². The molecule has 0 aliphatic heterocycles.